The number of hydrogen-bond acceptors (Lipinski definition) is 0. The molecule has 0 heterocycles. The molecule has 1 fully saturated rings. The minimum Gasteiger partial charge on any atom is -0.0622 e. The van der Waals surface area contributed by atoms with Crippen LogP contribution in [0.1, 0.15) is 82.6 Å². The lowest BCUT2D eigenvalue weighted by Crippen LogP contribution is -2.62. The molecule has 0 saturated heterocycles. The first-order valence-electron chi connectivity index (χ1n) is 8.24. The van der Waals surface area contributed by atoms with Gasteiger partial charge in [0.05, 0.1) is 0 Å². The molecule has 1 saturated carbocycles. The van der Waals surface area contributed by atoms with E-state index >= 15 is 0 Å². The van der Waals surface area contributed by atoms with Crippen molar-refractivity contribution < 1.29 is 0 Å². The molecule has 2 unspecified atom stereocenters. The predicted octanol–water partition coefficient (Wildman–Crippen LogP) is 6.40. The van der Waals surface area contributed by atoms with Gasteiger partial charge in [0.25, 0.3) is 0 Å². The Morgan fingerprint density at radius 3 is 1.53 bits per heavy atom. The van der Waals surface area contributed by atoms with Crippen molar-refractivity contribution in [2.75, 3.05) is 0 Å². The Morgan fingerprint density at radius 2 is 1.26 bits per heavy atom. The molecule has 0 radical (unpaired) electrons. The second-order valence-electron chi connectivity index (χ2n) is 9.45. The predicted molar refractivity (Wildman–Crippen MR) is 87.2 cm³/mol. The number of rotatable bonds is 4. The highest BCUT2D eigenvalue weighted by Gasteiger charge is 2.63. The first kappa shape index (κ1) is 17.1. The lowest BCUT2D eigenvalue weighted by molar-refractivity contribution is -0.202. The third kappa shape index (κ3) is 1.92. The lowest BCUT2D eigenvalue weighted by atomic mass is 9.36. The van der Waals surface area contributed by atoms with E-state index in [9.17, 15) is 0 Å². The topological polar surface area (TPSA) is 0 Å². The number of hydrogen-bond donors (Lipinski definition) is 0. The average Bonchev–Trinajstić information content (AvgIpc) is 2.27. The standard InChI is InChI=1S/C19H38/c1-13(2)16(5,6)17(7,8)18(9,10)19(11)14(3)12-15(19)4/h13-15H,12H2,1-11H3. The summed E-state index contributed by atoms with van der Waals surface area (Å²) in [4.78, 5) is 0. The second kappa shape index (κ2) is 4.50. The Balaban J connectivity index is 3.26. The summed E-state index contributed by atoms with van der Waals surface area (Å²) in [5.41, 5.74) is 1.45. The molecule has 1 rings (SSSR count). The molecule has 1 aliphatic carbocycles. The van der Waals surface area contributed by atoms with Gasteiger partial charge in [-0.2, -0.15) is 0 Å². The second-order valence-corrected chi connectivity index (χ2v) is 9.45. The zero-order valence-corrected chi connectivity index (χ0v) is 15.4. The summed E-state index contributed by atoms with van der Waals surface area (Å²) in [6, 6.07) is 0. The van der Waals surface area contributed by atoms with Crippen molar-refractivity contribution in [3.63, 3.8) is 0 Å². The highest BCUT2D eigenvalue weighted by molar-refractivity contribution is 5.11. The van der Waals surface area contributed by atoms with Crippen molar-refractivity contribution in [1.29, 1.82) is 0 Å². The van der Waals surface area contributed by atoms with Crippen LogP contribution < -0.4 is 0 Å². The summed E-state index contributed by atoms with van der Waals surface area (Å²) >= 11 is 0. The SMILES string of the molecule is CC(C)C(C)(C)C(C)(C)C(C)(C)C1(C)C(C)CC1C. The summed E-state index contributed by atoms with van der Waals surface area (Å²) in [5, 5.41) is 0. The first-order chi connectivity index (χ1) is 8.24. The molecule has 0 spiro atoms. The summed E-state index contributed by atoms with van der Waals surface area (Å²) in [6.07, 6.45) is 1.40. The molecule has 0 N–H and O–H groups in total. The molecule has 0 aromatic heterocycles. The van der Waals surface area contributed by atoms with E-state index in [1.807, 2.05) is 0 Å². The fraction of sp³-hybridized carbons (Fsp3) is 1.00. The fourth-order valence-corrected chi connectivity index (χ4v) is 4.78. The van der Waals surface area contributed by atoms with Crippen molar-refractivity contribution in [2.45, 2.75) is 82.6 Å². The maximum atomic E-state index is 2.55. The summed E-state index contributed by atoms with van der Waals surface area (Å²) in [6.45, 7) is 27.2. The molecular weight excluding hydrogens is 228 g/mol. The van der Waals surface area contributed by atoms with Crippen LogP contribution in [0.25, 0.3) is 0 Å². The molecular formula is C19H38. The maximum absolute atomic E-state index is 2.55. The molecule has 0 aliphatic heterocycles. The van der Waals surface area contributed by atoms with Crippen LogP contribution in [0.2, 0.25) is 0 Å². The molecule has 0 bridgehead atoms. The van der Waals surface area contributed by atoms with E-state index in [4.69, 9.17) is 0 Å². The van der Waals surface area contributed by atoms with Gasteiger partial charge in [-0.3, -0.25) is 0 Å². The van der Waals surface area contributed by atoms with Gasteiger partial charge >= 0.3 is 0 Å². The minimum atomic E-state index is 0.311. The van der Waals surface area contributed by atoms with E-state index < -0.39 is 0 Å². The smallest absolute Gasteiger partial charge is 0.0218 e. The zero-order chi connectivity index (χ0) is 15.4. The van der Waals surface area contributed by atoms with E-state index in [-0.39, 0.29) is 0 Å². The van der Waals surface area contributed by atoms with Crippen LogP contribution in [0.5, 0.6) is 0 Å². The Bertz CT molecular complexity index is 322. The van der Waals surface area contributed by atoms with E-state index in [2.05, 4.69) is 76.2 Å². The lowest BCUT2D eigenvalue weighted by Gasteiger charge is -2.68. The third-order valence-corrected chi connectivity index (χ3v) is 8.72. The van der Waals surface area contributed by atoms with Crippen molar-refractivity contribution in [3.05, 3.63) is 0 Å². The van der Waals surface area contributed by atoms with Crippen LogP contribution in [0.3, 0.4) is 0 Å². The highest BCUT2D eigenvalue weighted by atomic mass is 14.7. The van der Waals surface area contributed by atoms with Gasteiger partial charge in [0.2, 0.25) is 0 Å². The largest absolute Gasteiger partial charge is 0.0622 e. The Hall–Kier alpha value is 0. The van der Waals surface area contributed by atoms with Crippen molar-refractivity contribution in [2.24, 2.45) is 39.4 Å². The third-order valence-electron chi connectivity index (χ3n) is 8.72. The van der Waals surface area contributed by atoms with Crippen molar-refractivity contribution >= 4 is 0 Å². The van der Waals surface area contributed by atoms with E-state index in [1.54, 1.807) is 0 Å². The van der Waals surface area contributed by atoms with E-state index in [0.29, 0.717) is 27.6 Å². The molecule has 0 aromatic carbocycles. The van der Waals surface area contributed by atoms with Gasteiger partial charge in [-0.05, 0) is 45.8 Å². The van der Waals surface area contributed by atoms with E-state index in [1.165, 1.54) is 6.42 Å². The molecule has 0 amide bonds. The average molecular weight is 267 g/mol. The van der Waals surface area contributed by atoms with Gasteiger partial charge in [0, 0.05) is 0 Å². The summed E-state index contributed by atoms with van der Waals surface area (Å²) in [5.74, 6) is 2.40. The van der Waals surface area contributed by atoms with Gasteiger partial charge in [0.1, 0.15) is 0 Å². The van der Waals surface area contributed by atoms with Crippen LogP contribution in [0.4, 0.5) is 0 Å². The van der Waals surface area contributed by atoms with Crippen LogP contribution in [0, 0.1) is 39.4 Å². The van der Waals surface area contributed by atoms with E-state index in [0.717, 1.165) is 11.8 Å². The van der Waals surface area contributed by atoms with Crippen LogP contribution in [0.15, 0.2) is 0 Å². The Kier molecular flexibility index (Phi) is 4.04. The van der Waals surface area contributed by atoms with Crippen molar-refractivity contribution in [1.82, 2.24) is 0 Å². The van der Waals surface area contributed by atoms with Gasteiger partial charge in [-0.15, -0.1) is 0 Å². The first-order valence-corrected chi connectivity index (χ1v) is 8.24. The highest BCUT2D eigenvalue weighted by Crippen LogP contribution is 2.70. The van der Waals surface area contributed by atoms with Crippen LogP contribution in [-0.2, 0) is 0 Å². The monoisotopic (exact) mass is 266 g/mol. The quantitative estimate of drug-likeness (QED) is 0.552. The van der Waals surface area contributed by atoms with Crippen LogP contribution >= 0.6 is 0 Å². The summed E-state index contributed by atoms with van der Waals surface area (Å²) < 4.78 is 0. The molecule has 0 nitrogen and oxygen atoms in total. The molecule has 2 atom stereocenters. The summed E-state index contributed by atoms with van der Waals surface area (Å²) in [7, 11) is 0. The van der Waals surface area contributed by atoms with Crippen LogP contribution in [-0.4, -0.2) is 0 Å². The molecule has 0 aromatic rings. The molecule has 19 heavy (non-hydrogen) atoms. The normalized spacial score (nSPS) is 33.5. The zero-order valence-electron chi connectivity index (χ0n) is 15.4. The van der Waals surface area contributed by atoms with Gasteiger partial charge in [-0.1, -0.05) is 76.2 Å². The fourth-order valence-electron chi connectivity index (χ4n) is 4.78. The molecule has 0 heteroatoms. The maximum Gasteiger partial charge on any atom is -0.0218 e. The van der Waals surface area contributed by atoms with Gasteiger partial charge in [-0.25, -0.2) is 0 Å². The Morgan fingerprint density at radius 1 is 0.895 bits per heavy atom. The van der Waals surface area contributed by atoms with Gasteiger partial charge < -0.3 is 0 Å². The minimum absolute atomic E-state index is 0.311. The Labute approximate surface area is 122 Å². The molecule has 114 valence electrons. The van der Waals surface area contributed by atoms with Gasteiger partial charge in [0.15, 0.2) is 0 Å². The molecule has 1 aliphatic rings. The van der Waals surface area contributed by atoms with Crippen molar-refractivity contribution in [3.8, 4) is 0 Å².